The van der Waals surface area contributed by atoms with Gasteiger partial charge in [-0.1, -0.05) is 71.1 Å². The normalized spacial score (nSPS) is 18.2. The maximum absolute atomic E-state index is 2.84. The van der Waals surface area contributed by atoms with E-state index >= 15 is 0 Å². The molecule has 0 radical (unpaired) electrons. The Morgan fingerprint density at radius 3 is 1.35 bits per heavy atom. The van der Waals surface area contributed by atoms with Crippen molar-refractivity contribution in [2.24, 2.45) is 17.3 Å². The quantitative estimate of drug-likeness (QED) is 0.436. The summed E-state index contributed by atoms with van der Waals surface area (Å²) in [6.07, 6.45) is 15.9. The summed E-state index contributed by atoms with van der Waals surface area (Å²) in [6, 6.07) is 0. The first-order valence-electron chi connectivity index (χ1n) is 10.5. The third-order valence-electron chi connectivity index (χ3n) is 6.12. The van der Waals surface area contributed by atoms with Crippen molar-refractivity contribution in [1.29, 1.82) is 0 Å². The summed E-state index contributed by atoms with van der Waals surface area (Å²) in [5.41, 5.74) is 0.169. The minimum absolute atomic E-state index is 0.0250. The maximum Gasteiger partial charge on any atom is 0.0286 e. The second kappa shape index (κ2) is 8.05. The minimum atomic E-state index is -0.0288. The van der Waals surface area contributed by atoms with Crippen LogP contribution >= 0.6 is 0 Å². The number of nitrogens with zero attached hydrogens (tertiary/aromatic N) is 1. The predicted octanol–water partition coefficient (Wildman–Crippen LogP) is 7.40. The second-order valence-corrected chi connectivity index (χ2v) is 11.1. The van der Waals surface area contributed by atoms with Gasteiger partial charge in [-0.2, -0.15) is 0 Å². The van der Waals surface area contributed by atoms with Gasteiger partial charge in [0.1, 0.15) is 0 Å². The van der Waals surface area contributed by atoms with Gasteiger partial charge in [-0.3, -0.25) is 4.90 Å². The van der Waals surface area contributed by atoms with Gasteiger partial charge >= 0.3 is 0 Å². The van der Waals surface area contributed by atoms with Crippen molar-refractivity contribution in [3.63, 3.8) is 0 Å². The molecule has 0 aliphatic heterocycles. The number of allylic oxidation sites excluding steroid dienone is 4. The van der Waals surface area contributed by atoms with E-state index in [1.807, 2.05) is 0 Å². The Balaban J connectivity index is 3.52. The lowest BCUT2D eigenvalue weighted by Gasteiger charge is -2.62. The Morgan fingerprint density at radius 1 is 0.692 bits per heavy atom. The average molecular weight is 360 g/mol. The third kappa shape index (κ3) is 5.12. The van der Waals surface area contributed by atoms with Crippen LogP contribution in [0.5, 0.6) is 0 Å². The maximum atomic E-state index is 2.84. The van der Waals surface area contributed by atoms with Crippen molar-refractivity contribution in [3.05, 3.63) is 36.5 Å². The van der Waals surface area contributed by atoms with Gasteiger partial charge < -0.3 is 0 Å². The lowest BCUT2D eigenvalue weighted by Crippen LogP contribution is -2.68. The zero-order valence-corrected chi connectivity index (χ0v) is 19.5. The number of hydrogen-bond acceptors (Lipinski definition) is 1. The summed E-state index contributed by atoms with van der Waals surface area (Å²) in [5.74, 6) is 1.35. The largest absolute Gasteiger partial charge is 0.287 e. The van der Waals surface area contributed by atoms with Crippen LogP contribution in [0, 0.1) is 17.3 Å². The van der Waals surface area contributed by atoms with Gasteiger partial charge in [-0.05, 0) is 66.2 Å². The molecule has 150 valence electrons. The van der Waals surface area contributed by atoms with Crippen LogP contribution in [0.4, 0.5) is 0 Å². The van der Waals surface area contributed by atoms with E-state index < -0.39 is 0 Å². The van der Waals surface area contributed by atoms with Crippen molar-refractivity contribution in [1.82, 2.24) is 4.90 Å². The summed E-state index contributed by atoms with van der Waals surface area (Å²) in [7, 11) is 0. The van der Waals surface area contributed by atoms with Crippen LogP contribution in [0.15, 0.2) is 36.5 Å². The average Bonchev–Trinajstić information content (AvgIpc) is 2.60. The molecule has 1 heteroatoms. The van der Waals surface area contributed by atoms with Crippen molar-refractivity contribution in [2.45, 2.75) is 106 Å². The molecule has 0 N–H and O–H groups in total. The van der Waals surface area contributed by atoms with Crippen molar-refractivity contribution in [3.8, 4) is 0 Å². The van der Waals surface area contributed by atoms with E-state index in [2.05, 4.69) is 118 Å². The first kappa shape index (κ1) is 23.2. The summed E-state index contributed by atoms with van der Waals surface area (Å²) in [5, 5.41) is 0. The number of rotatable bonds is 8. The van der Waals surface area contributed by atoms with Crippen LogP contribution in [0.1, 0.15) is 89.0 Å². The molecule has 0 saturated carbocycles. The molecule has 0 heterocycles. The molecule has 0 spiro atoms. The van der Waals surface area contributed by atoms with E-state index in [9.17, 15) is 0 Å². The molecule has 0 unspecified atom stereocenters. The third-order valence-corrected chi connectivity index (χ3v) is 6.12. The minimum Gasteiger partial charge on any atom is -0.287 e. The molecule has 0 aromatic carbocycles. The summed E-state index contributed by atoms with van der Waals surface area (Å²) in [4.78, 5) is 2.84. The van der Waals surface area contributed by atoms with Crippen LogP contribution in [0.3, 0.4) is 0 Å². The van der Waals surface area contributed by atoms with Gasteiger partial charge in [0.2, 0.25) is 0 Å². The smallest absolute Gasteiger partial charge is 0.0286 e. The van der Waals surface area contributed by atoms with Gasteiger partial charge in [-0.15, -0.1) is 0 Å². The lowest BCUT2D eigenvalue weighted by atomic mass is 9.66. The first-order chi connectivity index (χ1) is 11.7. The van der Waals surface area contributed by atoms with Gasteiger partial charge in [0.15, 0.2) is 0 Å². The van der Waals surface area contributed by atoms with Crippen molar-refractivity contribution >= 4 is 0 Å². The van der Waals surface area contributed by atoms with Gasteiger partial charge in [0, 0.05) is 22.0 Å². The lowest BCUT2D eigenvalue weighted by molar-refractivity contribution is -0.109. The van der Waals surface area contributed by atoms with Crippen molar-refractivity contribution < 1.29 is 0 Å². The van der Waals surface area contributed by atoms with E-state index in [0.29, 0.717) is 11.8 Å². The highest BCUT2D eigenvalue weighted by Crippen LogP contribution is 2.48. The molecule has 0 fully saturated rings. The van der Waals surface area contributed by atoms with Crippen LogP contribution < -0.4 is 0 Å². The fourth-order valence-electron chi connectivity index (χ4n) is 5.86. The molecule has 0 aromatic rings. The van der Waals surface area contributed by atoms with E-state index in [-0.39, 0.29) is 22.0 Å². The summed E-state index contributed by atoms with van der Waals surface area (Å²) < 4.78 is 0. The Morgan fingerprint density at radius 2 is 1.04 bits per heavy atom. The molecule has 0 aromatic heterocycles. The first-order valence-corrected chi connectivity index (χ1v) is 10.5. The topological polar surface area (TPSA) is 3.24 Å². The molecule has 26 heavy (non-hydrogen) atoms. The molecule has 0 saturated heterocycles. The zero-order valence-electron chi connectivity index (χ0n) is 19.5. The van der Waals surface area contributed by atoms with E-state index in [1.165, 1.54) is 12.8 Å². The molecule has 0 amide bonds. The van der Waals surface area contributed by atoms with Crippen LogP contribution in [0.25, 0.3) is 0 Å². The molecular weight excluding hydrogens is 314 g/mol. The van der Waals surface area contributed by atoms with E-state index in [0.717, 1.165) is 0 Å². The molecular formula is C25H45N. The monoisotopic (exact) mass is 359 g/mol. The molecule has 1 aliphatic rings. The van der Waals surface area contributed by atoms with Gasteiger partial charge in [-0.25, -0.2) is 0 Å². The Labute approximate surface area is 164 Å². The summed E-state index contributed by atoms with van der Waals surface area (Å²) >= 11 is 0. The van der Waals surface area contributed by atoms with Crippen LogP contribution in [-0.2, 0) is 0 Å². The van der Waals surface area contributed by atoms with Gasteiger partial charge in [0.05, 0.1) is 0 Å². The van der Waals surface area contributed by atoms with E-state index in [4.69, 9.17) is 0 Å². The zero-order chi connectivity index (χ0) is 20.4. The van der Waals surface area contributed by atoms with E-state index in [1.54, 1.807) is 0 Å². The standard InChI is InChI=1S/C25H45N/c1-20(2)18-22(5,6)26(23(7,8)19-21(3)4)24(9,10)25(11)16-14-12-13-15-17-25/h12-17,20-21H,18-19H2,1-11H3. The number of hydrogen-bond donors (Lipinski definition) is 0. The fourth-order valence-corrected chi connectivity index (χ4v) is 5.86. The Bertz CT molecular complexity index is 503. The molecule has 0 atom stereocenters. The summed E-state index contributed by atoms with van der Waals surface area (Å²) in [6.45, 7) is 26.4. The van der Waals surface area contributed by atoms with Crippen LogP contribution in [0.2, 0.25) is 0 Å². The Kier molecular flexibility index (Phi) is 7.19. The second-order valence-electron chi connectivity index (χ2n) is 11.1. The SMILES string of the molecule is CC(C)CC(C)(C)N(C(C)(C)CC(C)C)C(C)(C)C1(C)C=CC=CC=C1. The molecule has 1 aliphatic carbocycles. The highest BCUT2D eigenvalue weighted by atomic mass is 15.3. The van der Waals surface area contributed by atoms with Gasteiger partial charge in [0.25, 0.3) is 0 Å². The Hall–Kier alpha value is -0.820. The fraction of sp³-hybridized carbons (Fsp3) is 0.760. The molecule has 0 bridgehead atoms. The molecule has 1 rings (SSSR count). The van der Waals surface area contributed by atoms with Crippen LogP contribution in [-0.4, -0.2) is 21.5 Å². The predicted molar refractivity (Wildman–Crippen MR) is 119 cm³/mol. The molecule has 1 nitrogen and oxygen atoms in total. The van der Waals surface area contributed by atoms with Crippen molar-refractivity contribution in [2.75, 3.05) is 0 Å². The highest BCUT2D eigenvalue weighted by molar-refractivity contribution is 5.29. The highest BCUT2D eigenvalue weighted by Gasteiger charge is 2.52.